The largest absolute Gasteiger partial charge is 0.117 e. The minimum absolute atomic E-state index is 0.481. The normalized spacial score (nSPS) is 43.6. The van der Waals surface area contributed by atoms with Crippen LogP contribution in [0.15, 0.2) is 32.7 Å². The molecule has 3 saturated carbocycles. The molecule has 0 atom stereocenters. The van der Waals surface area contributed by atoms with Crippen LogP contribution in [0.5, 0.6) is 0 Å². The summed E-state index contributed by atoms with van der Waals surface area (Å²) in [5, 5.41) is 4.74. The molecule has 0 saturated heterocycles. The molecule has 1 heterocycles. The first kappa shape index (κ1) is 18.1. The zero-order valence-electron chi connectivity index (χ0n) is 18.9. The van der Waals surface area contributed by atoms with Crippen molar-refractivity contribution in [2.45, 2.75) is 103 Å². The average Bonchev–Trinajstić information content (AvgIpc) is 2.92. The maximum Gasteiger partial charge on any atom is 0.117 e. The molecular formula is C28H39Si. The van der Waals surface area contributed by atoms with Crippen molar-refractivity contribution in [3.63, 3.8) is 0 Å². The Balaban J connectivity index is 1.59. The number of hydrogen-bond acceptors (Lipinski definition) is 0. The highest BCUT2D eigenvalue weighted by Crippen LogP contribution is 2.65. The molecule has 1 heteroatoms. The summed E-state index contributed by atoms with van der Waals surface area (Å²) in [5.74, 6) is 5.69. The fraction of sp³-hybridized carbons (Fsp3) is 0.786. The Labute approximate surface area is 179 Å². The maximum atomic E-state index is 2.64. The van der Waals surface area contributed by atoms with Crippen molar-refractivity contribution >= 4 is 8.80 Å². The highest BCUT2D eigenvalue weighted by molar-refractivity contribution is 6.77. The summed E-state index contributed by atoms with van der Waals surface area (Å²) in [6.07, 6.45) is 18.3. The van der Waals surface area contributed by atoms with Crippen molar-refractivity contribution in [2.24, 2.45) is 35.5 Å². The highest BCUT2D eigenvalue weighted by atomic mass is 28.3. The second-order valence-electron chi connectivity index (χ2n) is 12.8. The third-order valence-electron chi connectivity index (χ3n) is 10.4. The Hall–Kier alpha value is -0.563. The van der Waals surface area contributed by atoms with E-state index in [0.717, 1.165) is 35.5 Å². The van der Waals surface area contributed by atoms with Crippen molar-refractivity contribution in [2.75, 3.05) is 0 Å². The topological polar surface area (TPSA) is 0 Å². The maximum absolute atomic E-state index is 2.64. The molecule has 0 aromatic rings. The number of fused-ring (bicyclic) bond motifs is 6. The molecule has 1 radical (unpaired) electrons. The van der Waals surface area contributed by atoms with Gasteiger partial charge in [-0.25, -0.2) is 0 Å². The van der Waals surface area contributed by atoms with Gasteiger partial charge >= 0.3 is 0 Å². The first-order chi connectivity index (χ1) is 14.0. The van der Waals surface area contributed by atoms with E-state index in [1.165, 1.54) is 77.0 Å². The van der Waals surface area contributed by atoms with Gasteiger partial charge < -0.3 is 0 Å². The minimum Gasteiger partial charge on any atom is -0.0702 e. The van der Waals surface area contributed by atoms with E-state index in [2.05, 4.69) is 42.3 Å². The standard InChI is InChI=1S/C28H39Si/c1-28(2,3)29-26-20-12-8-18(9-13-20)24(26)22-16-4-5-17(7-6-16)23(22)25-19-10-14-21(15-11-19)27(25)29/h16-21H,4-15H2,1-3H3. The lowest BCUT2D eigenvalue weighted by Gasteiger charge is -2.50. The highest BCUT2D eigenvalue weighted by Gasteiger charge is 2.54. The Kier molecular flexibility index (Phi) is 3.75. The lowest BCUT2D eigenvalue weighted by atomic mass is 9.56. The van der Waals surface area contributed by atoms with Crippen molar-refractivity contribution in [1.82, 2.24) is 0 Å². The molecule has 10 rings (SSSR count). The second-order valence-corrected chi connectivity index (χ2v) is 16.1. The Morgan fingerprint density at radius 3 is 1.03 bits per heavy atom. The van der Waals surface area contributed by atoms with E-state index >= 15 is 0 Å². The van der Waals surface area contributed by atoms with Gasteiger partial charge in [0.1, 0.15) is 8.80 Å². The molecule has 0 spiro atoms. The van der Waals surface area contributed by atoms with Crippen LogP contribution in [0, 0.1) is 35.5 Å². The number of allylic oxidation sites excluding steroid dienone is 6. The second kappa shape index (κ2) is 6.02. The monoisotopic (exact) mass is 403 g/mol. The summed E-state index contributed by atoms with van der Waals surface area (Å²) in [6, 6.07) is 0. The summed E-state index contributed by atoms with van der Waals surface area (Å²) in [6.45, 7) is 7.92. The molecule has 9 aliphatic carbocycles. The molecule has 0 nitrogen and oxygen atoms in total. The average molecular weight is 404 g/mol. The van der Waals surface area contributed by atoms with E-state index in [0.29, 0.717) is 5.04 Å². The smallest absolute Gasteiger partial charge is 0.0702 e. The van der Waals surface area contributed by atoms with Crippen molar-refractivity contribution < 1.29 is 0 Å². The van der Waals surface area contributed by atoms with E-state index in [1.807, 2.05) is 11.1 Å². The molecule has 0 N–H and O–H groups in total. The predicted molar refractivity (Wildman–Crippen MR) is 123 cm³/mol. The lowest BCUT2D eigenvalue weighted by molar-refractivity contribution is 0.260. The SMILES string of the molecule is CC(C)(C)[Si]1C2=C(C3=C(C4=C1C1CCC4CC1)C1CCC3CC1)C1CCC2CC1. The molecule has 6 bridgehead atoms. The Bertz CT molecular complexity index is 773. The van der Waals surface area contributed by atoms with Crippen molar-refractivity contribution in [3.8, 4) is 0 Å². The molecule has 29 heavy (non-hydrogen) atoms. The molecule has 0 aromatic carbocycles. The van der Waals surface area contributed by atoms with Gasteiger partial charge in [0.15, 0.2) is 0 Å². The van der Waals surface area contributed by atoms with Crippen LogP contribution in [-0.2, 0) is 0 Å². The molecular weight excluding hydrogens is 364 g/mol. The lowest BCUT2D eigenvalue weighted by Crippen LogP contribution is -2.44. The van der Waals surface area contributed by atoms with E-state index in [4.69, 9.17) is 0 Å². The van der Waals surface area contributed by atoms with Crippen molar-refractivity contribution in [3.05, 3.63) is 32.7 Å². The van der Waals surface area contributed by atoms with E-state index in [1.54, 1.807) is 0 Å². The van der Waals surface area contributed by atoms with Gasteiger partial charge in [0.25, 0.3) is 0 Å². The van der Waals surface area contributed by atoms with Gasteiger partial charge in [-0.05, 0) is 140 Å². The minimum atomic E-state index is -0.614. The fourth-order valence-electron chi connectivity index (χ4n) is 9.42. The molecule has 0 unspecified atom stereocenters. The van der Waals surface area contributed by atoms with E-state index in [-0.39, 0.29) is 0 Å². The predicted octanol–water partition coefficient (Wildman–Crippen LogP) is 7.72. The quantitative estimate of drug-likeness (QED) is 0.363. The molecule has 10 aliphatic rings. The van der Waals surface area contributed by atoms with Gasteiger partial charge in [0.2, 0.25) is 0 Å². The van der Waals surface area contributed by atoms with Crippen LogP contribution in [0.4, 0.5) is 0 Å². The first-order valence-electron chi connectivity index (χ1n) is 13.1. The fourth-order valence-corrected chi connectivity index (χ4v) is 13.9. The molecule has 3 fully saturated rings. The van der Waals surface area contributed by atoms with E-state index < -0.39 is 8.80 Å². The summed E-state index contributed by atoms with van der Waals surface area (Å²) < 4.78 is 0. The first-order valence-corrected chi connectivity index (χ1v) is 14.6. The summed E-state index contributed by atoms with van der Waals surface area (Å²) in [7, 11) is -0.614. The van der Waals surface area contributed by atoms with E-state index in [9.17, 15) is 0 Å². The van der Waals surface area contributed by atoms with Gasteiger partial charge in [-0.3, -0.25) is 0 Å². The third-order valence-corrected chi connectivity index (χ3v) is 14.3. The molecule has 0 amide bonds. The number of rotatable bonds is 0. The van der Waals surface area contributed by atoms with Crippen LogP contribution in [0.25, 0.3) is 0 Å². The Morgan fingerprint density at radius 1 is 0.448 bits per heavy atom. The molecule has 155 valence electrons. The zero-order valence-corrected chi connectivity index (χ0v) is 19.9. The summed E-state index contributed by atoms with van der Waals surface area (Å²) in [5.41, 5.74) is 8.16. The van der Waals surface area contributed by atoms with Gasteiger partial charge in [0, 0.05) is 0 Å². The molecule has 0 aromatic heterocycles. The van der Waals surface area contributed by atoms with Crippen LogP contribution >= 0.6 is 0 Å². The van der Waals surface area contributed by atoms with Crippen LogP contribution in [0.1, 0.15) is 97.8 Å². The Morgan fingerprint density at radius 2 is 0.724 bits per heavy atom. The van der Waals surface area contributed by atoms with Crippen LogP contribution < -0.4 is 0 Å². The van der Waals surface area contributed by atoms with Crippen LogP contribution in [0.2, 0.25) is 5.04 Å². The van der Waals surface area contributed by atoms with Crippen LogP contribution in [-0.4, -0.2) is 8.80 Å². The van der Waals surface area contributed by atoms with Gasteiger partial charge in [-0.2, -0.15) is 0 Å². The van der Waals surface area contributed by atoms with Crippen LogP contribution in [0.3, 0.4) is 0 Å². The third kappa shape index (κ3) is 2.32. The summed E-state index contributed by atoms with van der Waals surface area (Å²) >= 11 is 0. The number of hydrogen-bond donors (Lipinski definition) is 0. The van der Waals surface area contributed by atoms with Gasteiger partial charge in [-0.1, -0.05) is 31.2 Å². The molecule has 1 aliphatic heterocycles. The summed E-state index contributed by atoms with van der Waals surface area (Å²) in [4.78, 5) is 0. The zero-order chi connectivity index (χ0) is 19.5. The van der Waals surface area contributed by atoms with Crippen molar-refractivity contribution in [1.29, 1.82) is 0 Å². The van der Waals surface area contributed by atoms with Gasteiger partial charge in [-0.15, -0.1) is 0 Å². The van der Waals surface area contributed by atoms with Gasteiger partial charge in [0.05, 0.1) is 0 Å².